The van der Waals surface area contributed by atoms with E-state index < -0.39 is 0 Å². The van der Waals surface area contributed by atoms with Crippen LogP contribution in [0.5, 0.6) is 5.75 Å². The Morgan fingerprint density at radius 2 is 1.80 bits per heavy atom. The zero-order chi connectivity index (χ0) is 21.3. The number of ether oxygens (including phenoxy) is 1. The van der Waals surface area contributed by atoms with E-state index in [1.807, 2.05) is 42.4 Å². The number of methoxy groups -OCH3 is 1. The first-order chi connectivity index (χ1) is 13.8. The van der Waals surface area contributed by atoms with E-state index in [0.717, 1.165) is 48.6 Å². The first kappa shape index (κ1) is 26.5. The predicted molar refractivity (Wildman–Crippen MR) is 137 cm³/mol. The number of aromatic nitrogens is 3. The van der Waals surface area contributed by atoms with Crippen LogP contribution in [-0.4, -0.2) is 51.4 Å². The molecule has 0 aliphatic carbocycles. The van der Waals surface area contributed by atoms with Crippen molar-refractivity contribution in [2.45, 2.75) is 45.4 Å². The van der Waals surface area contributed by atoms with Gasteiger partial charge in [-0.2, -0.15) is 11.8 Å². The summed E-state index contributed by atoms with van der Waals surface area (Å²) in [5.41, 5.74) is 1.25. The minimum atomic E-state index is 0. The first-order valence-electron chi connectivity index (χ1n) is 9.92. The average molecular weight is 547 g/mol. The van der Waals surface area contributed by atoms with Gasteiger partial charge in [-0.25, -0.2) is 4.99 Å². The highest BCUT2D eigenvalue weighted by Crippen LogP contribution is 2.22. The molecule has 2 rings (SSSR count). The monoisotopic (exact) mass is 546 g/mol. The number of halogens is 1. The van der Waals surface area contributed by atoms with E-state index in [0.29, 0.717) is 6.54 Å². The van der Waals surface area contributed by atoms with Gasteiger partial charge in [0.2, 0.25) is 0 Å². The van der Waals surface area contributed by atoms with E-state index in [-0.39, 0.29) is 28.7 Å². The standard InChI is InChI=1S/C21H34N6OS.HI/c1-16-25-26-19(27(16)5)15-24-20(23-13-14-29-21(2,3)4)22-12-11-17-7-9-18(28-6)10-8-17;/h7-10H,11-15H2,1-6H3,(H2,22,23,24);1H. The lowest BCUT2D eigenvalue weighted by atomic mass is 10.1. The number of thioether (sulfide) groups is 1. The fraction of sp³-hybridized carbons (Fsp3) is 0.571. The smallest absolute Gasteiger partial charge is 0.191 e. The molecule has 1 heterocycles. The van der Waals surface area contributed by atoms with Crippen LogP contribution in [0.15, 0.2) is 29.3 Å². The highest BCUT2D eigenvalue weighted by atomic mass is 127. The third kappa shape index (κ3) is 9.55. The van der Waals surface area contributed by atoms with Gasteiger partial charge in [0.25, 0.3) is 0 Å². The van der Waals surface area contributed by atoms with Gasteiger partial charge in [-0.1, -0.05) is 32.9 Å². The Morgan fingerprint density at radius 1 is 1.13 bits per heavy atom. The van der Waals surface area contributed by atoms with Crippen molar-refractivity contribution >= 4 is 41.7 Å². The van der Waals surface area contributed by atoms with Gasteiger partial charge in [-0.15, -0.1) is 34.2 Å². The molecule has 2 aromatic rings. The van der Waals surface area contributed by atoms with Crippen LogP contribution in [0.2, 0.25) is 0 Å². The molecule has 1 aromatic carbocycles. The third-order valence-electron chi connectivity index (χ3n) is 4.36. The number of aliphatic imine (C=N–C) groups is 1. The van der Waals surface area contributed by atoms with Gasteiger partial charge >= 0.3 is 0 Å². The van der Waals surface area contributed by atoms with Gasteiger partial charge in [-0.05, 0) is 31.0 Å². The summed E-state index contributed by atoms with van der Waals surface area (Å²) >= 11 is 1.94. The zero-order valence-corrected chi connectivity index (χ0v) is 22.0. The highest BCUT2D eigenvalue weighted by molar-refractivity contribution is 14.0. The Bertz CT molecular complexity index is 786. The predicted octanol–water partition coefficient (Wildman–Crippen LogP) is 3.56. The van der Waals surface area contributed by atoms with Crippen LogP contribution in [0.1, 0.15) is 38.0 Å². The lowest BCUT2D eigenvalue weighted by Gasteiger charge is -2.18. The van der Waals surface area contributed by atoms with Crippen molar-refractivity contribution in [1.82, 2.24) is 25.4 Å². The molecule has 0 spiro atoms. The fourth-order valence-corrected chi connectivity index (χ4v) is 3.37. The van der Waals surface area contributed by atoms with E-state index in [1.54, 1.807) is 7.11 Å². The molecule has 0 unspecified atom stereocenters. The van der Waals surface area contributed by atoms with Gasteiger partial charge in [0.1, 0.15) is 18.1 Å². The van der Waals surface area contributed by atoms with Crippen LogP contribution in [-0.2, 0) is 20.0 Å². The number of rotatable bonds is 9. The maximum atomic E-state index is 5.22. The van der Waals surface area contributed by atoms with Crippen LogP contribution in [0, 0.1) is 6.92 Å². The largest absolute Gasteiger partial charge is 0.497 e. The molecule has 0 radical (unpaired) electrons. The van der Waals surface area contributed by atoms with Crippen molar-refractivity contribution in [3.8, 4) is 5.75 Å². The van der Waals surface area contributed by atoms with Crippen molar-refractivity contribution in [2.75, 3.05) is 26.0 Å². The Morgan fingerprint density at radius 3 is 2.37 bits per heavy atom. The van der Waals surface area contributed by atoms with E-state index >= 15 is 0 Å². The number of nitrogens with zero attached hydrogens (tertiary/aromatic N) is 4. The van der Waals surface area contributed by atoms with Gasteiger partial charge in [0.05, 0.1) is 7.11 Å². The van der Waals surface area contributed by atoms with E-state index in [1.165, 1.54) is 5.56 Å². The van der Waals surface area contributed by atoms with Gasteiger partial charge in [0, 0.05) is 30.6 Å². The Balaban J connectivity index is 0.00000450. The molecule has 2 N–H and O–H groups in total. The number of aryl methyl sites for hydroxylation is 1. The number of hydrogen-bond donors (Lipinski definition) is 2. The second-order valence-corrected chi connectivity index (χ2v) is 9.72. The molecule has 30 heavy (non-hydrogen) atoms. The minimum Gasteiger partial charge on any atom is -0.497 e. The van der Waals surface area contributed by atoms with E-state index in [9.17, 15) is 0 Å². The summed E-state index contributed by atoms with van der Waals surface area (Å²) in [7, 11) is 3.64. The normalized spacial score (nSPS) is 11.7. The summed E-state index contributed by atoms with van der Waals surface area (Å²) in [6, 6.07) is 8.16. The Hall–Kier alpha value is -1.49. The zero-order valence-electron chi connectivity index (χ0n) is 18.9. The highest BCUT2D eigenvalue weighted by Gasteiger charge is 2.10. The molecule has 0 fully saturated rings. The van der Waals surface area contributed by atoms with Crippen LogP contribution < -0.4 is 15.4 Å². The quantitative estimate of drug-likeness (QED) is 0.217. The molecule has 9 heteroatoms. The van der Waals surface area contributed by atoms with Crippen molar-refractivity contribution in [1.29, 1.82) is 0 Å². The summed E-state index contributed by atoms with van der Waals surface area (Å²) in [5, 5.41) is 15.2. The molecule has 0 aliphatic rings. The summed E-state index contributed by atoms with van der Waals surface area (Å²) in [5.74, 6) is 4.43. The molecule has 0 saturated carbocycles. The van der Waals surface area contributed by atoms with Gasteiger partial charge < -0.3 is 19.9 Å². The number of benzene rings is 1. The SMILES string of the molecule is COc1ccc(CCNC(=NCc2nnc(C)n2C)NCCSC(C)(C)C)cc1.I. The molecule has 0 bridgehead atoms. The summed E-state index contributed by atoms with van der Waals surface area (Å²) in [6.45, 7) is 10.8. The van der Waals surface area contributed by atoms with Crippen molar-refractivity contribution < 1.29 is 4.74 Å². The Labute approximate surface area is 201 Å². The first-order valence-corrected chi connectivity index (χ1v) is 10.9. The second kappa shape index (κ2) is 13.0. The number of nitrogens with one attached hydrogen (secondary N) is 2. The topological polar surface area (TPSA) is 76.4 Å². The second-order valence-electron chi connectivity index (χ2n) is 7.80. The molecule has 7 nitrogen and oxygen atoms in total. The lowest BCUT2D eigenvalue weighted by molar-refractivity contribution is 0.414. The van der Waals surface area contributed by atoms with Crippen molar-refractivity contribution in [3.63, 3.8) is 0 Å². The summed E-state index contributed by atoms with van der Waals surface area (Å²) in [6.07, 6.45) is 0.907. The molecule has 0 saturated heterocycles. The van der Waals surface area contributed by atoms with Crippen LogP contribution >= 0.6 is 35.7 Å². The molecular formula is C21H35IN6OS. The van der Waals surface area contributed by atoms with E-state index in [2.05, 4.69) is 53.7 Å². The molecule has 0 atom stereocenters. The van der Waals surface area contributed by atoms with Crippen LogP contribution in [0.25, 0.3) is 0 Å². The fourth-order valence-electron chi connectivity index (χ4n) is 2.56. The Kier molecular flexibility index (Phi) is 11.5. The van der Waals surface area contributed by atoms with Gasteiger partial charge in [0.15, 0.2) is 11.8 Å². The van der Waals surface area contributed by atoms with Gasteiger partial charge in [-0.3, -0.25) is 0 Å². The minimum absolute atomic E-state index is 0. The van der Waals surface area contributed by atoms with E-state index in [4.69, 9.17) is 9.73 Å². The summed E-state index contributed by atoms with van der Waals surface area (Å²) in [4.78, 5) is 4.70. The van der Waals surface area contributed by atoms with Crippen LogP contribution in [0.3, 0.4) is 0 Å². The molecule has 0 amide bonds. The van der Waals surface area contributed by atoms with Crippen molar-refractivity contribution in [2.24, 2.45) is 12.0 Å². The lowest BCUT2D eigenvalue weighted by Crippen LogP contribution is -2.39. The third-order valence-corrected chi connectivity index (χ3v) is 5.63. The molecule has 1 aromatic heterocycles. The maximum absolute atomic E-state index is 5.22. The van der Waals surface area contributed by atoms with Crippen LogP contribution in [0.4, 0.5) is 0 Å². The molecule has 0 aliphatic heterocycles. The van der Waals surface area contributed by atoms with Crippen molar-refractivity contribution in [3.05, 3.63) is 41.5 Å². The molecular weight excluding hydrogens is 511 g/mol. The number of hydrogen-bond acceptors (Lipinski definition) is 5. The maximum Gasteiger partial charge on any atom is 0.191 e. The number of guanidine groups is 1. The average Bonchev–Trinajstić information content (AvgIpc) is 3.00. The summed E-state index contributed by atoms with van der Waals surface area (Å²) < 4.78 is 7.44. The molecule has 168 valence electrons.